The highest BCUT2D eigenvalue weighted by Crippen LogP contribution is 2.29. The lowest BCUT2D eigenvalue weighted by atomic mass is 10.1. The molecule has 1 saturated carbocycles. The summed E-state index contributed by atoms with van der Waals surface area (Å²) in [5, 5.41) is 22.6. The molecule has 1 aromatic carbocycles. The lowest BCUT2D eigenvalue weighted by Gasteiger charge is -2.15. The fourth-order valence-corrected chi connectivity index (χ4v) is 4.34. The molecule has 4 rings (SSSR count). The molecule has 2 heterocycles. The second-order valence-corrected chi connectivity index (χ2v) is 8.55. The molecule has 1 aliphatic rings. The predicted molar refractivity (Wildman–Crippen MR) is 116 cm³/mol. The Bertz CT molecular complexity index is 1040. The summed E-state index contributed by atoms with van der Waals surface area (Å²) < 4.78 is 2.98. The van der Waals surface area contributed by atoms with E-state index in [-0.39, 0.29) is 24.3 Å². The highest BCUT2D eigenvalue weighted by Gasteiger charge is 2.33. The van der Waals surface area contributed by atoms with E-state index in [9.17, 15) is 15.0 Å². The van der Waals surface area contributed by atoms with Gasteiger partial charge in [0, 0.05) is 53.7 Å². The Morgan fingerprint density at radius 1 is 1.30 bits per heavy atom. The summed E-state index contributed by atoms with van der Waals surface area (Å²) >= 11 is 3.48. The largest absolute Gasteiger partial charge is 0.396 e. The lowest BCUT2D eigenvalue weighted by Crippen LogP contribution is -2.20. The maximum atomic E-state index is 13.1. The number of hydrogen-bond donors (Lipinski definition) is 3. The molecule has 0 saturated heterocycles. The number of ketones is 1. The average Bonchev–Trinajstić information content (AvgIpc) is 3.34. The van der Waals surface area contributed by atoms with E-state index in [2.05, 4.69) is 31.2 Å². The number of aromatic nitrogens is 3. The van der Waals surface area contributed by atoms with Crippen molar-refractivity contribution in [1.82, 2.24) is 14.5 Å². The zero-order chi connectivity index (χ0) is 21.1. The molecule has 2 aromatic heterocycles. The molecule has 3 N–H and O–H groups in total. The van der Waals surface area contributed by atoms with Crippen LogP contribution in [0.3, 0.4) is 0 Å². The van der Waals surface area contributed by atoms with Gasteiger partial charge in [0.15, 0.2) is 5.78 Å². The van der Waals surface area contributed by atoms with Gasteiger partial charge in [-0.15, -0.1) is 0 Å². The number of carbonyl (C=O) groups excluding carboxylic acids is 1. The van der Waals surface area contributed by atoms with Crippen LogP contribution in [0.5, 0.6) is 0 Å². The van der Waals surface area contributed by atoms with Crippen molar-refractivity contribution >= 4 is 27.5 Å². The first-order valence-corrected chi connectivity index (χ1v) is 10.6. The van der Waals surface area contributed by atoms with Gasteiger partial charge >= 0.3 is 0 Å². The van der Waals surface area contributed by atoms with E-state index in [0.717, 1.165) is 10.0 Å². The SMILES string of the molecule is O=C(c1ccn(Cc2cccc(Br)c2)c1)c1cncnc1N[C@@H]1C[C@@H](CO)[C@@H](O)C1. The Hall–Kier alpha value is -2.55. The van der Waals surface area contributed by atoms with Crippen LogP contribution in [0.15, 0.2) is 59.7 Å². The van der Waals surface area contributed by atoms with Crippen LogP contribution in [-0.2, 0) is 6.54 Å². The van der Waals surface area contributed by atoms with E-state index in [1.165, 1.54) is 12.5 Å². The Labute approximate surface area is 182 Å². The monoisotopic (exact) mass is 470 g/mol. The van der Waals surface area contributed by atoms with Gasteiger partial charge in [-0.1, -0.05) is 28.1 Å². The van der Waals surface area contributed by atoms with Gasteiger partial charge in [0.25, 0.3) is 0 Å². The molecule has 0 amide bonds. The molecular formula is C22H23BrN4O3. The third kappa shape index (κ3) is 4.61. The van der Waals surface area contributed by atoms with Crippen LogP contribution in [0.2, 0.25) is 0 Å². The maximum Gasteiger partial charge on any atom is 0.199 e. The van der Waals surface area contributed by atoms with E-state index < -0.39 is 6.10 Å². The van der Waals surface area contributed by atoms with Gasteiger partial charge in [-0.05, 0) is 36.6 Å². The van der Waals surface area contributed by atoms with Gasteiger partial charge in [0.2, 0.25) is 0 Å². The number of rotatable bonds is 7. The fraction of sp³-hybridized carbons (Fsp3) is 0.318. The Kier molecular flexibility index (Phi) is 6.26. The van der Waals surface area contributed by atoms with Crippen molar-refractivity contribution < 1.29 is 15.0 Å². The number of anilines is 1. The van der Waals surface area contributed by atoms with Crippen molar-refractivity contribution in [3.8, 4) is 0 Å². The van der Waals surface area contributed by atoms with Gasteiger partial charge in [0.05, 0.1) is 11.7 Å². The molecule has 8 heteroatoms. The van der Waals surface area contributed by atoms with Gasteiger partial charge in [-0.25, -0.2) is 9.97 Å². The molecule has 0 unspecified atom stereocenters. The first kappa shape index (κ1) is 20.7. The van der Waals surface area contributed by atoms with E-state index in [4.69, 9.17) is 0 Å². The van der Waals surface area contributed by atoms with Crippen LogP contribution in [0.1, 0.15) is 34.3 Å². The number of carbonyl (C=O) groups is 1. The molecule has 0 spiro atoms. The predicted octanol–water partition coefficient (Wildman–Crippen LogP) is 2.86. The second-order valence-electron chi connectivity index (χ2n) is 7.64. The highest BCUT2D eigenvalue weighted by molar-refractivity contribution is 9.10. The van der Waals surface area contributed by atoms with Gasteiger partial charge in [-0.3, -0.25) is 4.79 Å². The summed E-state index contributed by atoms with van der Waals surface area (Å²) in [4.78, 5) is 21.4. The Balaban J connectivity index is 1.50. The number of nitrogens with zero attached hydrogens (tertiary/aromatic N) is 3. The van der Waals surface area contributed by atoms with E-state index in [1.807, 2.05) is 41.2 Å². The lowest BCUT2D eigenvalue weighted by molar-refractivity contribution is 0.0908. The highest BCUT2D eigenvalue weighted by atomic mass is 79.9. The van der Waals surface area contributed by atoms with Crippen molar-refractivity contribution in [2.24, 2.45) is 5.92 Å². The molecule has 156 valence electrons. The van der Waals surface area contributed by atoms with Gasteiger partial charge < -0.3 is 20.1 Å². The zero-order valence-electron chi connectivity index (χ0n) is 16.3. The molecule has 0 radical (unpaired) electrons. The minimum Gasteiger partial charge on any atom is -0.396 e. The van der Waals surface area contributed by atoms with Crippen LogP contribution >= 0.6 is 15.9 Å². The van der Waals surface area contributed by atoms with Crippen LogP contribution in [0.25, 0.3) is 0 Å². The summed E-state index contributed by atoms with van der Waals surface area (Å²) in [6, 6.07) is 9.77. The molecule has 3 atom stereocenters. The molecule has 3 aromatic rings. The standard InChI is InChI=1S/C22H23BrN4O3/c23-17-3-1-2-14(6-17)10-27-5-4-15(11-27)21(30)19-9-24-13-25-22(19)26-18-7-16(12-28)20(29)8-18/h1-6,9,11,13,16,18,20,28-29H,7-8,10,12H2,(H,24,25,26)/t16-,18+,20-/m0/s1. The zero-order valence-corrected chi connectivity index (χ0v) is 17.9. The molecule has 1 fully saturated rings. The van der Waals surface area contributed by atoms with Crippen LogP contribution < -0.4 is 5.32 Å². The number of nitrogens with one attached hydrogen (secondary N) is 1. The first-order chi connectivity index (χ1) is 14.5. The normalized spacial score (nSPS) is 21.0. The van der Waals surface area contributed by atoms with Crippen molar-refractivity contribution in [2.45, 2.75) is 31.5 Å². The number of aliphatic hydroxyl groups is 2. The molecular weight excluding hydrogens is 448 g/mol. The average molecular weight is 471 g/mol. The smallest absolute Gasteiger partial charge is 0.199 e. The van der Waals surface area contributed by atoms with E-state index in [1.54, 1.807) is 6.07 Å². The quantitative estimate of drug-likeness (QED) is 0.459. The van der Waals surface area contributed by atoms with Gasteiger partial charge in [0.1, 0.15) is 12.1 Å². The third-order valence-electron chi connectivity index (χ3n) is 5.46. The van der Waals surface area contributed by atoms with Crippen LogP contribution in [-0.4, -0.2) is 49.3 Å². The number of aliphatic hydroxyl groups excluding tert-OH is 2. The molecule has 1 aliphatic carbocycles. The van der Waals surface area contributed by atoms with Crippen molar-refractivity contribution in [1.29, 1.82) is 0 Å². The van der Waals surface area contributed by atoms with Crippen molar-refractivity contribution in [2.75, 3.05) is 11.9 Å². The maximum absolute atomic E-state index is 13.1. The third-order valence-corrected chi connectivity index (χ3v) is 5.95. The van der Waals surface area contributed by atoms with E-state index >= 15 is 0 Å². The molecule has 0 aliphatic heterocycles. The summed E-state index contributed by atoms with van der Waals surface area (Å²) in [5.74, 6) is 0.129. The number of hydrogen-bond acceptors (Lipinski definition) is 6. The van der Waals surface area contributed by atoms with Crippen molar-refractivity contribution in [3.63, 3.8) is 0 Å². The fourth-order valence-electron chi connectivity index (χ4n) is 3.90. The molecule has 7 nitrogen and oxygen atoms in total. The Morgan fingerprint density at radius 3 is 2.93 bits per heavy atom. The number of benzene rings is 1. The Morgan fingerprint density at radius 2 is 2.17 bits per heavy atom. The summed E-state index contributed by atoms with van der Waals surface area (Å²) in [6.07, 6.45) is 7.18. The number of halogens is 1. The van der Waals surface area contributed by atoms with Gasteiger partial charge in [-0.2, -0.15) is 0 Å². The van der Waals surface area contributed by atoms with E-state index in [0.29, 0.717) is 36.3 Å². The van der Waals surface area contributed by atoms with Crippen LogP contribution in [0, 0.1) is 5.92 Å². The topological polar surface area (TPSA) is 100 Å². The molecule has 0 bridgehead atoms. The minimum atomic E-state index is -0.555. The minimum absolute atomic E-state index is 0.0551. The summed E-state index contributed by atoms with van der Waals surface area (Å²) in [5.41, 5.74) is 2.07. The summed E-state index contributed by atoms with van der Waals surface area (Å²) in [7, 11) is 0. The summed E-state index contributed by atoms with van der Waals surface area (Å²) in [6.45, 7) is 0.603. The first-order valence-electron chi connectivity index (χ1n) is 9.84. The molecule has 30 heavy (non-hydrogen) atoms. The van der Waals surface area contributed by atoms with Crippen molar-refractivity contribution in [3.05, 3.63) is 76.4 Å². The second kappa shape index (κ2) is 9.07. The van der Waals surface area contributed by atoms with Crippen LogP contribution in [0.4, 0.5) is 5.82 Å².